The second-order valence-corrected chi connectivity index (χ2v) is 8.58. The topological polar surface area (TPSA) is 46.6 Å². The molecule has 2 aromatic rings. The molecule has 0 unspecified atom stereocenters. The summed E-state index contributed by atoms with van der Waals surface area (Å²) in [6.07, 6.45) is 3.72. The van der Waals surface area contributed by atoms with E-state index < -0.39 is 0 Å². The van der Waals surface area contributed by atoms with Gasteiger partial charge in [0.2, 0.25) is 5.91 Å². The smallest absolute Gasteiger partial charge is 0.222 e. The van der Waals surface area contributed by atoms with Crippen molar-refractivity contribution in [1.29, 1.82) is 0 Å². The van der Waals surface area contributed by atoms with Crippen LogP contribution in [0.4, 0.5) is 0 Å². The number of nitrogens with zero attached hydrogens (tertiary/aromatic N) is 1. The summed E-state index contributed by atoms with van der Waals surface area (Å²) in [5.74, 6) is 1.84. The highest BCUT2D eigenvalue weighted by atomic mass is 16.5. The van der Waals surface area contributed by atoms with Crippen LogP contribution in [-0.4, -0.2) is 36.3 Å². The molecule has 30 heavy (non-hydrogen) atoms. The lowest BCUT2D eigenvalue weighted by atomic mass is 9.88. The zero-order valence-electron chi connectivity index (χ0n) is 18.2. The fraction of sp³-hybridized carbons (Fsp3) is 0.462. The van der Waals surface area contributed by atoms with E-state index in [9.17, 15) is 9.59 Å². The Morgan fingerprint density at radius 3 is 2.30 bits per heavy atom. The first-order valence-electron chi connectivity index (χ1n) is 11.1. The third-order valence-corrected chi connectivity index (χ3v) is 5.65. The van der Waals surface area contributed by atoms with Crippen LogP contribution in [0.25, 0.3) is 0 Å². The third-order valence-electron chi connectivity index (χ3n) is 5.65. The van der Waals surface area contributed by atoms with Gasteiger partial charge in [0.15, 0.2) is 5.78 Å². The molecular weight excluding hydrogens is 374 g/mol. The zero-order chi connectivity index (χ0) is 21.3. The summed E-state index contributed by atoms with van der Waals surface area (Å²) in [7, 11) is 0. The summed E-state index contributed by atoms with van der Waals surface area (Å²) < 4.78 is 5.66. The van der Waals surface area contributed by atoms with Gasteiger partial charge in [0.05, 0.1) is 6.61 Å². The quantitative estimate of drug-likeness (QED) is 0.426. The van der Waals surface area contributed by atoms with Crippen molar-refractivity contribution in [2.24, 2.45) is 11.8 Å². The zero-order valence-corrected chi connectivity index (χ0v) is 18.2. The van der Waals surface area contributed by atoms with Crippen molar-refractivity contribution < 1.29 is 14.3 Å². The van der Waals surface area contributed by atoms with Crippen molar-refractivity contribution in [2.75, 3.05) is 19.7 Å². The van der Waals surface area contributed by atoms with Crippen molar-refractivity contribution in [2.45, 2.75) is 46.0 Å². The first-order valence-corrected chi connectivity index (χ1v) is 11.1. The highest BCUT2D eigenvalue weighted by Gasteiger charge is 2.27. The van der Waals surface area contributed by atoms with Crippen LogP contribution in [0.15, 0.2) is 54.6 Å². The van der Waals surface area contributed by atoms with E-state index in [4.69, 9.17) is 4.74 Å². The van der Waals surface area contributed by atoms with Gasteiger partial charge < -0.3 is 9.64 Å². The second-order valence-electron chi connectivity index (χ2n) is 8.58. The van der Waals surface area contributed by atoms with Gasteiger partial charge in [0.1, 0.15) is 5.75 Å². The van der Waals surface area contributed by atoms with Crippen molar-refractivity contribution in [3.8, 4) is 5.75 Å². The van der Waals surface area contributed by atoms with E-state index in [0.717, 1.165) is 30.6 Å². The molecule has 2 aromatic carbocycles. The Kier molecular flexibility index (Phi) is 8.06. The predicted octanol–water partition coefficient (Wildman–Crippen LogP) is 5.17. The van der Waals surface area contributed by atoms with E-state index in [0.29, 0.717) is 38.5 Å². The minimum absolute atomic E-state index is 0.0198. The molecule has 0 aromatic heterocycles. The van der Waals surface area contributed by atoms with E-state index >= 15 is 0 Å². The number of para-hydroxylation sites is 1. The molecule has 1 saturated heterocycles. The molecule has 0 atom stereocenters. The molecule has 0 N–H and O–H groups in total. The number of piperidine rings is 1. The van der Waals surface area contributed by atoms with Crippen molar-refractivity contribution in [1.82, 2.24) is 4.90 Å². The van der Waals surface area contributed by atoms with Crippen LogP contribution < -0.4 is 4.74 Å². The average Bonchev–Trinajstić information content (AvgIpc) is 2.77. The Hall–Kier alpha value is -2.62. The van der Waals surface area contributed by atoms with Gasteiger partial charge in [0.25, 0.3) is 0 Å². The lowest BCUT2D eigenvalue weighted by Gasteiger charge is -2.31. The molecule has 4 nitrogen and oxygen atoms in total. The number of Topliss-reactive ketones (excluding diaryl/α,β-unsaturated/α-hetero) is 1. The van der Waals surface area contributed by atoms with Crippen LogP contribution in [0.3, 0.4) is 0 Å². The van der Waals surface area contributed by atoms with E-state index in [2.05, 4.69) is 26.0 Å². The molecule has 0 aliphatic carbocycles. The minimum atomic E-state index is 0.0198. The molecular formula is C26H33NO3. The van der Waals surface area contributed by atoms with Crippen molar-refractivity contribution in [3.63, 3.8) is 0 Å². The predicted molar refractivity (Wildman–Crippen MR) is 120 cm³/mol. The first kappa shape index (κ1) is 22.1. The van der Waals surface area contributed by atoms with Crippen molar-refractivity contribution >= 4 is 11.7 Å². The number of hydrogen-bond donors (Lipinski definition) is 0. The molecule has 1 aliphatic heterocycles. The maximum atomic E-state index is 12.8. The highest BCUT2D eigenvalue weighted by molar-refractivity contribution is 5.98. The van der Waals surface area contributed by atoms with Gasteiger partial charge in [0, 0.05) is 31.0 Å². The molecule has 1 heterocycles. The highest BCUT2D eigenvalue weighted by Crippen LogP contribution is 2.23. The number of ketones is 1. The summed E-state index contributed by atoms with van der Waals surface area (Å²) in [4.78, 5) is 27.2. The SMILES string of the molecule is CC(C)Cc1ccc(C(=O)C2CCN(C(=O)CCCOc3ccccc3)CC2)cc1. The Morgan fingerprint density at radius 2 is 1.67 bits per heavy atom. The van der Waals surface area contributed by atoms with Crippen molar-refractivity contribution in [3.05, 3.63) is 65.7 Å². The Bertz CT molecular complexity index is 806. The minimum Gasteiger partial charge on any atom is -0.494 e. The Morgan fingerprint density at radius 1 is 1.00 bits per heavy atom. The van der Waals surface area contributed by atoms with Crippen LogP contribution in [0.1, 0.15) is 55.5 Å². The summed E-state index contributed by atoms with van der Waals surface area (Å²) in [5.41, 5.74) is 2.07. The van der Waals surface area contributed by atoms with Gasteiger partial charge in [-0.3, -0.25) is 9.59 Å². The molecule has 0 radical (unpaired) electrons. The van der Waals surface area contributed by atoms with Crippen LogP contribution in [0.2, 0.25) is 0 Å². The molecule has 0 bridgehead atoms. The second kappa shape index (κ2) is 11.0. The largest absolute Gasteiger partial charge is 0.494 e. The van der Waals surface area contributed by atoms with Gasteiger partial charge in [-0.25, -0.2) is 0 Å². The van der Waals surface area contributed by atoms with Crippen LogP contribution in [0, 0.1) is 11.8 Å². The van der Waals surface area contributed by atoms with Crippen LogP contribution in [-0.2, 0) is 11.2 Å². The molecule has 0 spiro atoms. The number of amides is 1. The number of carbonyl (C=O) groups is 2. The molecule has 4 heteroatoms. The molecule has 3 rings (SSSR count). The van der Waals surface area contributed by atoms with E-state index in [1.54, 1.807) is 0 Å². The van der Waals surface area contributed by atoms with Crippen LogP contribution in [0.5, 0.6) is 5.75 Å². The van der Waals surface area contributed by atoms with E-state index in [1.807, 2.05) is 47.4 Å². The summed E-state index contributed by atoms with van der Waals surface area (Å²) in [6, 6.07) is 17.7. The summed E-state index contributed by atoms with van der Waals surface area (Å²) in [5, 5.41) is 0. The Balaban J connectivity index is 1.39. The van der Waals surface area contributed by atoms with Crippen LogP contribution >= 0.6 is 0 Å². The number of carbonyl (C=O) groups excluding carboxylic acids is 2. The monoisotopic (exact) mass is 407 g/mol. The number of hydrogen-bond acceptors (Lipinski definition) is 3. The van der Waals surface area contributed by atoms with E-state index in [1.165, 1.54) is 5.56 Å². The number of benzene rings is 2. The molecule has 0 saturated carbocycles. The average molecular weight is 408 g/mol. The summed E-state index contributed by atoms with van der Waals surface area (Å²) >= 11 is 0. The number of rotatable bonds is 9. The maximum absolute atomic E-state index is 12.8. The van der Waals surface area contributed by atoms with Gasteiger partial charge in [-0.05, 0) is 49.3 Å². The van der Waals surface area contributed by atoms with Gasteiger partial charge in [-0.15, -0.1) is 0 Å². The fourth-order valence-electron chi connectivity index (χ4n) is 3.99. The van der Waals surface area contributed by atoms with Gasteiger partial charge in [-0.2, -0.15) is 0 Å². The maximum Gasteiger partial charge on any atom is 0.222 e. The molecule has 1 amide bonds. The third kappa shape index (κ3) is 6.45. The van der Waals surface area contributed by atoms with Gasteiger partial charge >= 0.3 is 0 Å². The lowest BCUT2D eigenvalue weighted by Crippen LogP contribution is -2.40. The summed E-state index contributed by atoms with van der Waals surface area (Å²) in [6.45, 7) is 6.27. The molecule has 1 aliphatic rings. The normalized spacial score (nSPS) is 14.7. The lowest BCUT2D eigenvalue weighted by molar-refractivity contribution is -0.132. The molecule has 1 fully saturated rings. The first-order chi connectivity index (χ1) is 14.5. The number of likely N-dealkylation sites (tertiary alicyclic amines) is 1. The molecule has 160 valence electrons. The standard InChI is InChI=1S/C26H33NO3/c1-20(2)19-21-10-12-22(13-11-21)26(29)23-14-16-27(17-15-23)25(28)9-6-18-30-24-7-4-3-5-8-24/h3-5,7-8,10-13,20,23H,6,9,14-19H2,1-2H3. The van der Waals surface area contributed by atoms with Gasteiger partial charge in [-0.1, -0.05) is 56.3 Å². The number of ether oxygens (including phenoxy) is 1. The van der Waals surface area contributed by atoms with E-state index in [-0.39, 0.29) is 17.6 Å². The Labute approximate surface area is 180 Å². The fourth-order valence-corrected chi connectivity index (χ4v) is 3.99.